The van der Waals surface area contributed by atoms with E-state index in [0.717, 1.165) is 23.4 Å². The number of aryl methyl sites for hydroxylation is 3. The lowest BCUT2D eigenvalue weighted by Crippen LogP contribution is -2.35. The largest absolute Gasteiger partial charge is 0.484 e. The lowest BCUT2D eigenvalue weighted by Gasteiger charge is -2.15. The van der Waals surface area contributed by atoms with Crippen molar-refractivity contribution in [3.05, 3.63) is 41.5 Å². The van der Waals surface area contributed by atoms with Gasteiger partial charge in [0, 0.05) is 25.4 Å². The maximum atomic E-state index is 12.1. The second-order valence-corrected chi connectivity index (χ2v) is 7.16. The Morgan fingerprint density at radius 3 is 2.88 bits per heavy atom. The third-order valence-electron chi connectivity index (χ3n) is 5.02. The maximum Gasteiger partial charge on any atom is 0.257 e. The van der Waals surface area contributed by atoms with Crippen molar-refractivity contribution in [1.82, 2.24) is 20.1 Å². The van der Waals surface area contributed by atoms with Gasteiger partial charge in [0.05, 0.1) is 6.10 Å². The first-order valence-electron chi connectivity index (χ1n) is 8.92. The number of nitrogens with one attached hydrogen (secondary N) is 1. The summed E-state index contributed by atoms with van der Waals surface area (Å²) < 4.78 is 7.48. The zero-order chi connectivity index (χ0) is 18.7. The van der Waals surface area contributed by atoms with Crippen molar-refractivity contribution in [1.29, 1.82) is 0 Å². The fourth-order valence-corrected chi connectivity index (χ4v) is 3.60. The first-order chi connectivity index (χ1) is 12.4. The Morgan fingerprint density at radius 2 is 2.19 bits per heavy atom. The van der Waals surface area contributed by atoms with Gasteiger partial charge in [-0.1, -0.05) is 17.7 Å². The van der Waals surface area contributed by atoms with E-state index in [-0.39, 0.29) is 24.3 Å². The molecule has 0 unspecified atom stereocenters. The first-order valence-corrected chi connectivity index (χ1v) is 8.92. The molecule has 26 heavy (non-hydrogen) atoms. The van der Waals surface area contributed by atoms with Crippen molar-refractivity contribution in [3.63, 3.8) is 0 Å². The zero-order valence-corrected chi connectivity index (χ0v) is 15.5. The van der Waals surface area contributed by atoms with Gasteiger partial charge in [-0.2, -0.15) is 0 Å². The first kappa shape index (κ1) is 18.4. The highest BCUT2D eigenvalue weighted by atomic mass is 16.5. The molecule has 1 saturated carbocycles. The minimum atomic E-state index is -0.447. The lowest BCUT2D eigenvalue weighted by atomic mass is 10.0. The number of carbonyl (C=O) groups is 1. The van der Waals surface area contributed by atoms with E-state index in [1.807, 2.05) is 43.7 Å². The van der Waals surface area contributed by atoms with Gasteiger partial charge >= 0.3 is 0 Å². The fourth-order valence-electron chi connectivity index (χ4n) is 3.60. The molecule has 140 valence electrons. The molecule has 0 aliphatic heterocycles. The fraction of sp³-hybridized carbons (Fsp3) is 0.526. The number of hydrogen-bond acceptors (Lipinski definition) is 5. The highest BCUT2D eigenvalue weighted by Crippen LogP contribution is 2.37. The van der Waals surface area contributed by atoms with E-state index in [0.29, 0.717) is 18.7 Å². The van der Waals surface area contributed by atoms with Gasteiger partial charge in [-0.3, -0.25) is 4.79 Å². The van der Waals surface area contributed by atoms with Crippen molar-refractivity contribution in [2.24, 2.45) is 13.0 Å². The predicted octanol–water partition coefficient (Wildman–Crippen LogP) is 1.48. The van der Waals surface area contributed by atoms with Gasteiger partial charge in [-0.05, 0) is 38.3 Å². The van der Waals surface area contributed by atoms with Crippen LogP contribution < -0.4 is 10.1 Å². The van der Waals surface area contributed by atoms with Crippen LogP contribution in [0.3, 0.4) is 0 Å². The molecule has 1 heterocycles. The highest BCUT2D eigenvalue weighted by Gasteiger charge is 2.35. The van der Waals surface area contributed by atoms with E-state index in [1.54, 1.807) is 6.33 Å². The summed E-state index contributed by atoms with van der Waals surface area (Å²) in [5, 5.41) is 21.2. The van der Waals surface area contributed by atoms with Gasteiger partial charge in [-0.25, -0.2) is 0 Å². The summed E-state index contributed by atoms with van der Waals surface area (Å²) >= 11 is 0. The molecular weight excluding hydrogens is 332 g/mol. The summed E-state index contributed by atoms with van der Waals surface area (Å²) in [5.41, 5.74) is 2.17. The minimum absolute atomic E-state index is 0.0155. The summed E-state index contributed by atoms with van der Waals surface area (Å²) in [6.45, 7) is 4.39. The predicted molar refractivity (Wildman–Crippen MR) is 96.9 cm³/mol. The number of carbonyl (C=O) groups excluding carboxylic acids is 1. The molecule has 3 rings (SSSR count). The molecule has 1 aromatic carbocycles. The van der Waals surface area contributed by atoms with Crippen LogP contribution in [0, 0.1) is 19.8 Å². The molecule has 2 aromatic rings. The van der Waals surface area contributed by atoms with Crippen molar-refractivity contribution in [2.75, 3.05) is 13.2 Å². The Balaban J connectivity index is 1.46. The van der Waals surface area contributed by atoms with Crippen LogP contribution in [0.1, 0.15) is 35.7 Å². The Labute approximate surface area is 153 Å². The van der Waals surface area contributed by atoms with E-state index in [2.05, 4.69) is 15.5 Å². The third kappa shape index (κ3) is 4.22. The van der Waals surface area contributed by atoms with Gasteiger partial charge in [0.1, 0.15) is 17.9 Å². The molecule has 3 atom stereocenters. The van der Waals surface area contributed by atoms with Crippen LogP contribution in [0.15, 0.2) is 24.5 Å². The van der Waals surface area contributed by atoms with Crippen molar-refractivity contribution < 1.29 is 14.6 Å². The number of hydrogen-bond donors (Lipinski definition) is 2. The number of nitrogens with zero attached hydrogens (tertiary/aromatic N) is 3. The van der Waals surface area contributed by atoms with Gasteiger partial charge in [-0.15, -0.1) is 10.2 Å². The highest BCUT2D eigenvalue weighted by molar-refractivity contribution is 5.77. The quantitative estimate of drug-likeness (QED) is 0.816. The Kier molecular flexibility index (Phi) is 5.56. The van der Waals surface area contributed by atoms with Crippen LogP contribution in [-0.4, -0.2) is 45.0 Å². The Morgan fingerprint density at radius 1 is 1.38 bits per heavy atom. The van der Waals surface area contributed by atoms with E-state index >= 15 is 0 Å². The Bertz CT molecular complexity index is 774. The molecule has 0 spiro atoms. The summed E-state index contributed by atoms with van der Waals surface area (Å²) in [5.74, 6) is 1.61. The SMILES string of the molecule is Cc1ccc(OCC(=O)NC[C@H]2C[C@H](c3nncn3C)C[C@H]2O)c(C)c1. The van der Waals surface area contributed by atoms with Crippen LogP contribution in [0.4, 0.5) is 0 Å². The van der Waals surface area contributed by atoms with E-state index in [4.69, 9.17) is 4.74 Å². The monoisotopic (exact) mass is 358 g/mol. The van der Waals surface area contributed by atoms with Crippen LogP contribution >= 0.6 is 0 Å². The van der Waals surface area contributed by atoms with Crippen LogP contribution in [0.5, 0.6) is 5.75 Å². The summed E-state index contributed by atoms with van der Waals surface area (Å²) in [6, 6.07) is 5.86. The van der Waals surface area contributed by atoms with Crippen molar-refractivity contribution in [3.8, 4) is 5.75 Å². The summed E-state index contributed by atoms with van der Waals surface area (Å²) in [6.07, 6.45) is 2.65. The standard InChI is InChI=1S/C19H26N4O3/c1-12-4-5-17(13(2)6-12)26-10-18(25)20-9-15-7-14(8-16(15)24)19-22-21-11-23(19)3/h4-6,11,14-16,24H,7-10H2,1-3H3,(H,20,25)/t14-,15+,16+/m0/s1. The van der Waals surface area contributed by atoms with Gasteiger partial charge in [0.15, 0.2) is 6.61 Å². The average molecular weight is 358 g/mol. The molecule has 1 amide bonds. The molecular formula is C19H26N4O3. The van der Waals surface area contributed by atoms with Crippen LogP contribution in [-0.2, 0) is 11.8 Å². The summed E-state index contributed by atoms with van der Waals surface area (Å²) in [7, 11) is 1.90. The molecule has 7 nitrogen and oxygen atoms in total. The molecule has 1 fully saturated rings. The number of aliphatic hydroxyl groups is 1. The summed E-state index contributed by atoms with van der Waals surface area (Å²) in [4.78, 5) is 12.1. The third-order valence-corrected chi connectivity index (χ3v) is 5.02. The van der Waals surface area contributed by atoms with Crippen LogP contribution in [0.25, 0.3) is 0 Å². The number of rotatable bonds is 6. The van der Waals surface area contributed by atoms with Gasteiger partial charge in [0.2, 0.25) is 0 Å². The van der Waals surface area contributed by atoms with Crippen molar-refractivity contribution >= 4 is 5.91 Å². The molecule has 0 radical (unpaired) electrons. The van der Waals surface area contributed by atoms with Gasteiger partial charge < -0.3 is 19.7 Å². The molecule has 1 aliphatic carbocycles. The molecule has 1 aromatic heterocycles. The number of aromatic nitrogens is 3. The maximum absolute atomic E-state index is 12.1. The smallest absolute Gasteiger partial charge is 0.257 e. The van der Waals surface area contributed by atoms with E-state index in [9.17, 15) is 9.90 Å². The molecule has 7 heteroatoms. The van der Waals surface area contributed by atoms with E-state index < -0.39 is 6.10 Å². The number of aliphatic hydroxyl groups excluding tert-OH is 1. The zero-order valence-electron chi connectivity index (χ0n) is 15.5. The molecule has 0 bridgehead atoms. The molecule has 1 aliphatic rings. The molecule has 2 N–H and O–H groups in total. The van der Waals surface area contributed by atoms with Crippen LogP contribution in [0.2, 0.25) is 0 Å². The van der Waals surface area contributed by atoms with E-state index in [1.165, 1.54) is 0 Å². The topological polar surface area (TPSA) is 89.3 Å². The minimum Gasteiger partial charge on any atom is -0.484 e. The second kappa shape index (κ2) is 7.86. The Hall–Kier alpha value is -2.41. The van der Waals surface area contributed by atoms with Gasteiger partial charge in [0.25, 0.3) is 5.91 Å². The number of amides is 1. The normalized spacial score (nSPS) is 22.4. The number of ether oxygens (including phenoxy) is 1. The average Bonchev–Trinajstić information content (AvgIpc) is 3.17. The second-order valence-electron chi connectivity index (χ2n) is 7.16. The van der Waals surface area contributed by atoms with Crippen molar-refractivity contribution in [2.45, 2.75) is 38.7 Å². The number of benzene rings is 1. The lowest BCUT2D eigenvalue weighted by molar-refractivity contribution is -0.123. The molecule has 0 saturated heterocycles.